The van der Waals surface area contributed by atoms with Crippen molar-refractivity contribution in [3.8, 4) is 5.75 Å². The van der Waals surface area contributed by atoms with Gasteiger partial charge < -0.3 is 9.15 Å². The van der Waals surface area contributed by atoms with Crippen LogP contribution in [0.5, 0.6) is 5.75 Å². The zero-order chi connectivity index (χ0) is 16.5. The van der Waals surface area contributed by atoms with Gasteiger partial charge in [0.15, 0.2) is 0 Å². The number of nitrogens with zero attached hydrogens (tertiary/aromatic N) is 1. The standard InChI is InChI=1S/C20H14BrNO2/c1-23-20-10-16-15-7-2-3-8-18(15)24-19(16)11-17(20)22-12-13-5-4-6-14(21)9-13/h2-12H,1H3. The minimum absolute atomic E-state index is 0.722. The summed E-state index contributed by atoms with van der Waals surface area (Å²) >= 11 is 3.47. The fraction of sp³-hybridized carbons (Fsp3) is 0.0500. The normalized spacial score (nSPS) is 11.6. The topological polar surface area (TPSA) is 34.7 Å². The van der Waals surface area contributed by atoms with Gasteiger partial charge in [0.1, 0.15) is 22.6 Å². The molecule has 0 aliphatic carbocycles. The lowest BCUT2D eigenvalue weighted by Crippen LogP contribution is -1.85. The molecule has 0 spiro atoms. The first-order valence-electron chi connectivity index (χ1n) is 7.53. The highest BCUT2D eigenvalue weighted by Crippen LogP contribution is 2.37. The van der Waals surface area contributed by atoms with E-state index < -0.39 is 0 Å². The van der Waals surface area contributed by atoms with Gasteiger partial charge in [0.25, 0.3) is 0 Å². The van der Waals surface area contributed by atoms with Crippen molar-refractivity contribution in [3.63, 3.8) is 0 Å². The minimum atomic E-state index is 0.722. The largest absolute Gasteiger partial charge is 0.494 e. The molecule has 1 heterocycles. The van der Waals surface area contributed by atoms with Crippen LogP contribution in [0.15, 0.2) is 74.5 Å². The number of benzene rings is 3. The number of ether oxygens (including phenoxy) is 1. The molecule has 0 atom stereocenters. The molecule has 0 radical (unpaired) electrons. The zero-order valence-corrected chi connectivity index (χ0v) is 14.6. The molecule has 4 aromatic rings. The Morgan fingerprint density at radius 3 is 2.67 bits per heavy atom. The van der Waals surface area contributed by atoms with Crippen LogP contribution in [0.1, 0.15) is 5.56 Å². The van der Waals surface area contributed by atoms with Crippen molar-refractivity contribution >= 4 is 49.8 Å². The molecule has 0 saturated heterocycles. The molecule has 1 aromatic heterocycles. The van der Waals surface area contributed by atoms with Gasteiger partial charge in [0, 0.05) is 27.5 Å². The first kappa shape index (κ1) is 15.0. The van der Waals surface area contributed by atoms with Gasteiger partial charge in [-0.05, 0) is 29.8 Å². The van der Waals surface area contributed by atoms with Gasteiger partial charge in [-0.15, -0.1) is 0 Å². The summed E-state index contributed by atoms with van der Waals surface area (Å²) < 4.78 is 12.5. The summed E-state index contributed by atoms with van der Waals surface area (Å²) in [5, 5.41) is 2.11. The number of rotatable bonds is 3. The number of hydrogen-bond acceptors (Lipinski definition) is 3. The molecule has 0 saturated carbocycles. The third kappa shape index (κ3) is 2.69. The Balaban J connectivity index is 1.83. The van der Waals surface area contributed by atoms with E-state index in [4.69, 9.17) is 9.15 Å². The lowest BCUT2D eigenvalue weighted by molar-refractivity contribution is 0.416. The monoisotopic (exact) mass is 379 g/mol. The third-order valence-electron chi connectivity index (χ3n) is 3.88. The van der Waals surface area contributed by atoms with Crippen molar-refractivity contribution in [3.05, 3.63) is 70.7 Å². The number of hydrogen-bond donors (Lipinski definition) is 0. The zero-order valence-electron chi connectivity index (χ0n) is 13.0. The first-order chi connectivity index (χ1) is 11.7. The quantitative estimate of drug-likeness (QED) is 0.402. The predicted molar refractivity (Wildman–Crippen MR) is 102 cm³/mol. The van der Waals surface area contributed by atoms with Gasteiger partial charge in [0.05, 0.1) is 7.11 Å². The SMILES string of the molecule is COc1cc2c(cc1N=Cc1cccc(Br)c1)oc1ccccc12. The highest BCUT2D eigenvalue weighted by Gasteiger charge is 2.11. The average molecular weight is 380 g/mol. The maximum absolute atomic E-state index is 5.93. The van der Waals surface area contributed by atoms with Gasteiger partial charge in [-0.2, -0.15) is 0 Å². The predicted octanol–water partition coefficient (Wildman–Crippen LogP) is 6.11. The number of para-hydroxylation sites is 1. The molecule has 0 bridgehead atoms. The average Bonchev–Trinajstić information content (AvgIpc) is 2.96. The molecular weight excluding hydrogens is 366 g/mol. The number of methoxy groups -OCH3 is 1. The smallest absolute Gasteiger partial charge is 0.145 e. The van der Waals surface area contributed by atoms with Crippen molar-refractivity contribution in [2.45, 2.75) is 0 Å². The van der Waals surface area contributed by atoms with Crippen LogP contribution in [0.4, 0.5) is 5.69 Å². The summed E-state index contributed by atoms with van der Waals surface area (Å²) in [6.45, 7) is 0. The highest BCUT2D eigenvalue weighted by molar-refractivity contribution is 9.10. The third-order valence-corrected chi connectivity index (χ3v) is 4.37. The van der Waals surface area contributed by atoms with Crippen LogP contribution in [-0.4, -0.2) is 13.3 Å². The van der Waals surface area contributed by atoms with Crippen LogP contribution in [0.3, 0.4) is 0 Å². The molecule has 4 heteroatoms. The van der Waals surface area contributed by atoms with Crippen LogP contribution in [0, 0.1) is 0 Å². The van der Waals surface area contributed by atoms with E-state index in [2.05, 4.69) is 20.9 Å². The number of fused-ring (bicyclic) bond motifs is 3. The van der Waals surface area contributed by atoms with Gasteiger partial charge in [-0.1, -0.05) is 46.3 Å². The number of halogens is 1. The Hall–Kier alpha value is -2.59. The molecular formula is C20H14BrNO2. The summed E-state index contributed by atoms with van der Waals surface area (Å²) in [6, 6.07) is 19.9. The molecule has 24 heavy (non-hydrogen) atoms. The van der Waals surface area contributed by atoms with Gasteiger partial charge >= 0.3 is 0 Å². The second-order valence-electron chi connectivity index (χ2n) is 5.43. The summed E-state index contributed by atoms with van der Waals surface area (Å²) in [6.07, 6.45) is 1.82. The van der Waals surface area contributed by atoms with Crippen molar-refractivity contribution in [1.82, 2.24) is 0 Å². The molecule has 3 nitrogen and oxygen atoms in total. The molecule has 0 fully saturated rings. The van der Waals surface area contributed by atoms with E-state index >= 15 is 0 Å². The Kier molecular flexibility index (Phi) is 3.82. The lowest BCUT2D eigenvalue weighted by atomic mass is 10.1. The Morgan fingerprint density at radius 1 is 0.958 bits per heavy atom. The lowest BCUT2D eigenvalue weighted by Gasteiger charge is -2.04. The molecule has 0 unspecified atom stereocenters. The van der Waals surface area contributed by atoms with Crippen LogP contribution < -0.4 is 4.74 Å². The molecule has 118 valence electrons. The number of aliphatic imine (C=N–C) groups is 1. The van der Waals surface area contributed by atoms with Gasteiger partial charge in [0.2, 0.25) is 0 Å². The Morgan fingerprint density at radius 2 is 1.83 bits per heavy atom. The fourth-order valence-electron chi connectivity index (χ4n) is 2.74. The van der Waals surface area contributed by atoms with E-state index in [0.717, 1.165) is 43.4 Å². The molecule has 0 aliphatic rings. The van der Waals surface area contributed by atoms with E-state index in [1.807, 2.05) is 66.9 Å². The van der Waals surface area contributed by atoms with Crippen LogP contribution >= 0.6 is 15.9 Å². The summed E-state index contributed by atoms with van der Waals surface area (Å²) in [5.41, 5.74) is 3.42. The van der Waals surface area contributed by atoms with Gasteiger partial charge in [-0.25, -0.2) is 0 Å². The second kappa shape index (κ2) is 6.13. The highest BCUT2D eigenvalue weighted by atomic mass is 79.9. The molecule has 0 N–H and O–H groups in total. The Labute approximate surface area is 147 Å². The van der Waals surface area contributed by atoms with Crippen LogP contribution in [0.25, 0.3) is 21.9 Å². The Bertz CT molecular complexity index is 1070. The van der Waals surface area contributed by atoms with Gasteiger partial charge in [-0.3, -0.25) is 4.99 Å². The summed E-state index contributed by atoms with van der Waals surface area (Å²) in [4.78, 5) is 4.58. The fourth-order valence-corrected chi connectivity index (χ4v) is 3.15. The minimum Gasteiger partial charge on any atom is -0.494 e. The van der Waals surface area contributed by atoms with Crippen LogP contribution in [0.2, 0.25) is 0 Å². The summed E-state index contributed by atoms with van der Waals surface area (Å²) in [5.74, 6) is 0.722. The van der Waals surface area contributed by atoms with Crippen molar-refractivity contribution < 1.29 is 9.15 Å². The first-order valence-corrected chi connectivity index (χ1v) is 8.33. The molecule has 3 aromatic carbocycles. The molecule has 0 aliphatic heterocycles. The van der Waals surface area contributed by atoms with Crippen molar-refractivity contribution in [1.29, 1.82) is 0 Å². The molecule has 4 rings (SSSR count). The molecule has 0 amide bonds. The second-order valence-corrected chi connectivity index (χ2v) is 6.35. The van der Waals surface area contributed by atoms with E-state index in [9.17, 15) is 0 Å². The van der Waals surface area contributed by atoms with E-state index in [0.29, 0.717) is 0 Å². The maximum Gasteiger partial charge on any atom is 0.145 e. The van der Waals surface area contributed by atoms with E-state index in [1.165, 1.54) is 0 Å². The van der Waals surface area contributed by atoms with Crippen LogP contribution in [-0.2, 0) is 0 Å². The van der Waals surface area contributed by atoms with E-state index in [1.54, 1.807) is 7.11 Å². The number of furan rings is 1. The van der Waals surface area contributed by atoms with Crippen molar-refractivity contribution in [2.24, 2.45) is 4.99 Å². The summed E-state index contributed by atoms with van der Waals surface area (Å²) in [7, 11) is 1.65. The van der Waals surface area contributed by atoms with Crippen molar-refractivity contribution in [2.75, 3.05) is 7.11 Å². The van der Waals surface area contributed by atoms with E-state index in [-0.39, 0.29) is 0 Å². The maximum atomic E-state index is 5.93.